The van der Waals surface area contributed by atoms with E-state index >= 15 is 0 Å². The van der Waals surface area contributed by atoms with Gasteiger partial charge in [-0.05, 0) is 56.5 Å². The van der Waals surface area contributed by atoms with Gasteiger partial charge in [0.2, 0.25) is 0 Å². The molecule has 2 heteroatoms. The topological polar surface area (TPSA) is 21.3 Å². The number of hydrogen-bond acceptors (Lipinski definition) is 2. The van der Waals surface area contributed by atoms with Gasteiger partial charge in [0.15, 0.2) is 0 Å². The second kappa shape index (κ2) is 8.26. The fraction of sp³-hybridized carbons (Fsp3) is 1.00. The molecule has 0 aromatic rings. The zero-order chi connectivity index (χ0) is 13.5. The normalized spacial score (nSPS) is 26.4. The van der Waals surface area contributed by atoms with Crippen molar-refractivity contribution in [2.45, 2.75) is 71.3 Å². The molecule has 112 valence electrons. The summed E-state index contributed by atoms with van der Waals surface area (Å²) in [5.74, 6) is 2.65. The van der Waals surface area contributed by atoms with Crippen LogP contribution in [0.2, 0.25) is 0 Å². The van der Waals surface area contributed by atoms with Gasteiger partial charge < -0.3 is 10.1 Å². The summed E-state index contributed by atoms with van der Waals surface area (Å²) < 4.78 is 5.79. The molecule has 2 atom stereocenters. The van der Waals surface area contributed by atoms with Gasteiger partial charge in [-0.3, -0.25) is 0 Å². The van der Waals surface area contributed by atoms with E-state index in [1.54, 1.807) is 0 Å². The van der Waals surface area contributed by atoms with Crippen LogP contribution in [-0.4, -0.2) is 25.8 Å². The van der Waals surface area contributed by atoms with Crippen LogP contribution < -0.4 is 5.32 Å². The molecule has 0 spiro atoms. The van der Waals surface area contributed by atoms with Crippen LogP contribution in [-0.2, 0) is 4.74 Å². The molecule has 1 saturated heterocycles. The van der Waals surface area contributed by atoms with E-state index in [0.29, 0.717) is 6.10 Å². The Morgan fingerprint density at radius 2 is 1.84 bits per heavy atom. The monoisotopic (exact) mass is 267 g/mol. The highest BCUT2D eigenvalue weighted by Gasteiger charge is 2.26. The Hall–Kier alpha value is -0.0800. The average Bonchev–Trinajstić information content (AvgIpc) is 3.05. The lowest BCUT2D eigenvalue weighted by Gasteiger charge is -2.25. The molecule has 1 aliphatic carbocycles. The van der Waals surface area contributed by atoms with Crippen molar-refractivity contribution in [3.8, 4) is 0 Å². The first-order valence-electron chi connectivity index (χ1n) is 8.58. The largest absolute Gasteiger partial charge is 0.378 e. The number of hydrogen-bond donors (Lipinski definition) is 1. The van der Waals surface area contributed by atoms with E-state index in [4.69, 9.17) is 4.74 Å². The first kappa shape index (κ1) is 15.3. The molecule has 2 nitrogen and oxygen atoms in total. The molecule has 1 N–H and O–H groups in total. The highest BCUT2D eigenvalue weighted by molar-refractivity contribution is 4.79. The van der Waals surface area contributed by atoms with Gasteiger partial charge in [-0.2, -0.15) is 0 Å². The van der Waals surface area contributed by atoms with Gasteiger partial charge in [0.25, 0.3) is 0 Å². The Balaban J connectivity index is 1.72. The molecular formula is C17H33NO. The second-order valence-electron chi connectivity index (χ2n) is 7.07. The summed E-state index contributed by atoms with van der Waals surface area (Å²) in [6, 6.07) is 0. The van der Waals surface area contributed by atoms with Crippen LogP contribution in [0.25, 0.3) is 0 Å². The number of nitrogens with one attached hydrogen (secondary N) is 1. The van der Waals surface area contributed by atoms with Gasteiger partial charge in [0, 0.05) is 6.61 Å². The SMILES string of the molecule is CC(C)CNCC(CCC1CCCO1)C1CCCC1. The van der Waals surface area contributed by atoms with Gasteiger partial charge in [-0.25, -0.2) is 0 Å². The van der Waals surface area contributed by atoms with Gasteiger partial charge in [-0.15, -0.1) is 0 Å². The van der Waals surface area contributed by atoms with E-state index in [1.807, 2.05) is 0 Å². The molecule has 1 heterocycles. The molecule has 19 heavy (non-hydrogen) atoms. The van der Waals surface area contributed by atoms with Gasteiger partial charge in [-0.1, -0.05) is 39.5 Å². The molecule has 2 fully saturated rings. The molecule has 2 aliphatic rings. The van der Waals surface area contributed by atoms with Crippen LogP contribution in [0.5, 0.6) is 0 Å². The number of rotatable bonds is 8. The van der Waals surface area contributed by atoms with Crippen molar-refractivity contribution in [2.24, 2.45) is 17.8 Å². The summed E-state index contributed by atoms with van der Waals surface area (Å²) in [5, 5.41) is 3.70. The zero-order valence-corrected chi connectivity index (χ0v) is 13.0. The van der Waals surface area contributed by atoms with Gasteiger partial charge in [0.1, 0.15) is 0 Å². The van der Waals surface area contributed by atoms with Crippen molar-refractivity contribution < 1.29 is 4.74 Å². The predicted molar refractivity (Wildman–Crippen MR) is 81.4 cm³/mol. The summed E-state index contributed by atoms with van der Waals surface area (Å²) in [4.78, 5) is 0. The molecule has 0 amide bonds. The van der Waals surface area contributed by atoms with E-state index in [9.17, 15) is 0 Å². The third kappa shape index (κ3) is 5.43. The first-order chi connectivity index (χ1) is 9.25. The summed E-state index contributed by atoms with van der Waals surface area (Å²) >= 11 is 0. The van der Waals surface area contributed by atoms with Crippen molar-refractivity contribution in [3.05, 3.63) is 0 Å². The lowest BCUT2D eigenvalue weighted by atomic mass is 9.86. The maximum atomic E-state index is 5.79. The summed E-state index contributed by atoms with van der Waals surface area (Å²) in [6.45, 7) is 8.00. The molecule has 0 aromatic carbocycles. The van der Waals surface area contributed by atoms with Gasteiger partial charge >= 0.3 is 0 Å². The minimum atomic E-state index is 0.578. The Morgan fingerprint density at radius 1 is 1.05 bits per heavy atom. The van der Waals surface area contributed by atoms with E-state index in [1.165, 1.54) is 64.5 Å². The molecule has 1 aliphatic heterocycles. The quantitative estimate of drug-likeness (QED) is 0.718. The molecule has 0 bridgehead atoms. The van der Waals surface area contributed by atoms with Crippen molar-refractivity contribution >= 4 is 0 Å². The molecular weight excluding hydrogens is 234 g/mol. The second-order valence-corrected chi connectivity index (χ2v) is 7.07. The van der Waals surface area contributed by atoms with Crippen LogP contribution in [0, 0.1) is 17.8 Å². The minimum absolute atomic E-state index is 0.578. The maximum absolute atomic E-state index is 5.79. The Kier molecular flexibility index (Phi) is 6.66. The third-order valence-electron chi connectivity index (χ3n) is 4.91. The van der Waals surface area contributed by atoms with Crippen molar-refractivity contribution in [3.63, 3.8) is 0 Å². The van der Waals surface area contributed by atoms with E-state index in [0.717, 1.165) is 24.4 Å². The van der Waals surface area contributed by atoms with Crippen LogP contribution >= 0.6 is 0 Å². The van der Waals surface area contributed by atoms with Crippen LogP contribution in [0.15, 0.2) is 0 Å². The van der Waals surface area contributed by atoms with Crippen molar-refractivity contribution in [1.29, 1.82) is 0 Å². The first-order valence-corrected chi connectivity index (χ1v) is 8.58. The lowest BCUT2D eigenvalue weighted by molar-refractivity contribution is 0.0943. The lowest BCUT2D eigenvalue weighted by Crippen LogP contribution is -2.30. The van der Waals surface area contributed by atoms with Crippen LogP contribution in [0.3, 0.4) is 0 Å². The third-order valence-corrected chi connectivity index (χ3v) is 4.91. The minimum Gasteiger partial charge on any atom is -0.378 e. The van der Waals surface area contributed by atoms with Crippen LogP contribution in [0.4, 0.5) is 0 Å². The molecule has 2 rings (SSSR count). The Morgan fingerprint density at radius 3 is 2.47 bits per heavy atom. The highest BCUT2D eigenvalue weighted by atomic mass is 16.5. The van der Waals surface area contributed by atoms with E-state index in [2.05, 4.69) is 19.2 Å². The molecule has 2 unspecified atom stereocenters. The fourth-order valence-corrected chi connectivity index (χ4v) is 3.76. The number of ether oxygens (including phenoxy) is 1. The van der Waals surface area contributed by atoms with E-state index in [-0.39, 0.29) is 0 Å². The summed E-state index contributed by atoms with van der Waals surface area (Å²) in [6.07, 6.45) is 11.7. The summed E-state index contributed by atoms with van der Waals surface area (Å²) in [5.41, 5.74) is 0. The predicted octanol–water partition coefficient (Wildman–Crippen LogP) is 4.00. The maximum Gasteiger partial charge on any atom is 0.0576 e. The van der Waals surface area contributed by atoms with Gasteiger partial charge in [0.05, 0.1) is 6.10 Å². The highest BCUT2D eigenvalue weighted by Crippen LogP contribution is 2.34. The standard InChI is InChI=1S/C17H33NO/c1-14(2)12-18-13-16(15-6-3-4-7-15)9-10-17-8-5-11-19-17/h14-18H,3-13H2,1-2H3. The fourth-order valence-electron chi connectivity index (χ4n) is 3.76. The average molecular weight is 267 g/mol. The van der Waals surface area contributed by atoms with Crippen LogP contribution in [0.1, 0.15) is 65.2 Å². The Labute approximate surface area is 119 Å². The summed E-state index contributed by atoms with van der Waals surface area (Å²) in [7, 11) is 0. The zero-order valence-electron chi connectivity index (χ0n) is 13.0. The molecule has 0 radical (unpaired) electrons. The van der Waals surface area contributed by atoms with Crippen molar-refractivity contribution in [1.82, 2.24) is 5.32 Å². The molecule has 0 aromatic heterocycles. The smallest absolute Gasteiger partial charge is 0.0576 e. The van der Waals surface area contributed by atoms with E-state index < -0.39 is 0 Å². The van der Waals surface area contributed by atoms with Crippen molar-refractivity contribution in [2.75, 3.05) is 19.7 Å². The molecule has 1 saturated carbocycles. The Bertz CT molecular complexity index is 229.